The number of halogens is 1. The van der Waals surface area contributed by atoms with Crippen LogP contribution in [-0.2, 0) is 10.0 Å². The summed E-state index contributed by atoms with van der Waals surface area (Å²) in [5, 5.41) is 4.97. The summed E-state index contributed by atoms with van der Waals surface area (Å²) in [6, 6.07) is 7.13. The van der Waals surface area contributed by atoms with Gasteiger partial charge in [-0.05, 0) is 43.7 Å². The van der Waals surface area contributed by atoms with Crippen LogP contribution in [0.2, 0.25) is 5.02 Å². The molecule has 1 heterocycles. The molecule has 110 valence electrons. The lowest BCUT2D eigenvalue weighted by molar-refractivity contribution is 0.384. The van der Waals surface area contributed by atoms with E-state index in [-0.39, 0.29) is 6.04 Å². The molecular formula is C14H19ClN2O2S. The Morgan fingerprint density at radius 3 is 2.75 bits per heavy atom. The molecular weight excluding hydrogens is 296 g/mol. The van der Waals surface area contributed by atoms with Crippen molar-refractivity contribution in [1.29, 1.82) is 0 Å². The van der Waals surface area contributed by atoms with Gasteiger partial charge in [-0.1, -0.05) is 23.7 Å². The van der Waals surface area contributed by atoms with E-state index in [9.17, 15) is 8.42 Å². The minimum Gasteiger partial charge on any atom is -0.318 e. The van der Waals surface area contributed by atoms with Crippen molar-refractivity contribution in [2.24, 2.45) is 0 Å². The molecule has 4 nitrogen and oxygen atoms in total. The highest BCUT2D eigenvalue weighted by molar-refractivity contribution is 7.92. The van der Waals surface area contributed by atoms with Crippen LogP contribution in [0.4, 0.5) is 0 Å². The molecule has 1 aromatic rings. The molecule has 0 amide bonds. The van der Waals surface area contributed by atoms with Gasteiger partial charge >= 0.3 is 0 Å². The van der Waals surface area contributed by atoms with E-state index in [1.807, 2.05) is 7.05 Å². The predicted octanol–water partition coefficient (Wildman–Crippen LogP) is 2.32. The Hall–Kier alpha value is -0.880. The first kappa shape index (κ1) is 15.5. The van der Waals surface area contributed by atoms with E-state index in [2.05, 4.69) is 5.32 Å². The number of sulfonamides is 1. The van der Waals surface area contributed by atoms with Crippen molar-refractivity contribution in [3.05, 3.63) is 40.3 Å². The fraction of sp³-hybridized carbons (Fsp3) is 0.429. The van der Waals surface area contributed by atoms with Gasteiger partial charge < -0.3 is 5.32 Å². The first-order chi connectivity index (χ1) is 9.53. The van der Waals surface area contributed by atoms with Gasteiger partial charge in [0.1, 0.15) is 0 Å². The molecule has 1 fully saturated rings. The maximum Gasteiger partial charge on any atom is 0.236 e. The second-order valence-corrected chi connectivity index (χ2v) is 7.07. The number of benzene rings is 1. The summed E-state index contributed by atoms with van der Waals surface area (Å²) in [4.78, 5) is 0. The van der Waals surface area contributed by atoms with Gasteiger partial charge in [0.15, 0.2) is 0 Å². The highest BCUT2D eigenvalue weighted by atomic mass is 35.5. The number of nitrogens with zero attached hydrogens (tertiary/aromatic N) is 1. The molecule has 1 saturated heterocycles. The van der Waals surface area contributed by atoms with Crippen LogP contribution in [0, 0.1) is 0 Å². The minimum absolute atomic E-state index is 0.0554. The average Bonchev–Trinajstić information content (AvgIpc) is 2.88. The summed E-state index contributed by atoms with van der Waals surface area (Å²) in [6.45, 7) is 1.29. The third-order valence-electron chi connectivity index (χ3n) is 3.39. The molecule has 20 heavy (non-hydrogen) atoms. The zero-order chi connectivity index (χ0) is 14.6. The van der Waals surface area contributed by atoms with Gasteiger partial charge in [-0.2, -0.15) is 4.31 Å². The molecule has 1 aliphatic rings. The molecule has 0 bridgehead atoms. The van der Waals surface area contributed by atoms with E-state index in [0.29, 0.717) is 18.1 Å². The predicted molar refractivity (Wildman–Crippen MR) is 83.1 cm³/mol. The maximum absolute atomic E-state index is 12.3. The van der Waals surface area contributed by atoms with Crippen LogP contribution in [0.3, 0.4) is 0 Å². The van der Waals surface area contributed by atoms with Crippen LogP contribution in [-0.4, -0.2) is 38.9 Å². The topological polar surface area (TPSA) is 49.4 Å². The van der Waals surface area contributed by atoms with Crippen molar-refractivity contribution < 1.29 is 8.42 Å². The molecule has 1 aliphatic heterocycles. The van der Waals surface area contributed by atoms with Gasteiger partial charge in [-0.3, -0.25) is 0 Å². The number of likely N-dealkylation sites (N-methyl/N-ethyl adjacent to an activating group) is 1. The average molecular weight is 315 g/mol. The van der Waals surface area contributed by atoms with Gasteiger partial charge in [-0.25, -0.2) is 8.42 Å². The lowest BCUT2D eigenvalue weighted by Gasteiger charge is -2.21. The van der Waals surface area contributed by atoms with E-state index < -0.39 is 10.0 Å². The lowest BCUT2D eigenvalue weighted by atomic mass is 10.2. The molecule has 0 saturated carbocycles. The fourth-order valence-corrected chi connectivity index (χ4v) is 3.99. The van der Waals surface area contributed by atoms with E-state index in [1.54, 1.807) is 34.6 Å². The SMILES string of the molecule is CNCC1CCCN1S(=O)(=O)/C=C/c1ccc(Cl)cc1. The standard InChI is InChI=1S/C14H19ClN2O2S/c1-16-11-14-3-2-9-17(14)20(18,19)10-8-12-4-6-13(15)7-5-12/h4-8,10,14,16H,2-3,9,11H2,1H3/b10-8+. The van der Waals surface area contributed by atoms with Crippen LogP contribution in [0.25, 0.3) is 6.08 Å². The zero-order valence-corrected chi connectivity index (χ0v) is 13.0. The highest BCUT2D eigenvalue weighted by Gasteiger charge is 2.31. The van der Waals surface area contributed by atoms with Crippen LogP contribution in [0.1, 0.15) is 18.4 Å². The second kappa shape index (κ2) is 6.72. The summed E-state index contributed by atoms with van der Waals surface area (Å²) in [5.41, 5.74) is 0.822. The summed E-state index contributed by atoms with van der Waals surface area (Å²) in [6.07, 6.45) is 3.44. The zero-order valence-electron chi connectivity index (χ0n) is 11.4. The number of hydrogen-bond acceptors (Lipinski definition) is 3. The van der Waals surface area contributed by atoms with Crippen molar-refractivity contribution in [1.82, 2.24) is 9.62 Å². The molecule has 1 atom stereocenters. The highest BCUT2D eigenvalue weighted by Crippen LogP contribution is 2.22. The fourth-order valence-electron chi connectivity index (χ4n) is 2.40. The van der Waals surface area contributed by atoms with Crippen LogP contribution >= 0.6 is 11.6 Å². The van der Waals surface area contributed by atoms with Gasteiger partial charge in [0.25, 0.3) is 0 Å². The Balaban J connectivity index is 2.12. The van der Waals surface area contributed by atoms with Crippen molar-refractivity contribution >= 4 is 27.7 Å². The van der Waals surface area contributed by atoms with Crippen LogP contribution < -0.4 is 5.32 Å². The summed E-state index contributed by atoms with van der Waals surface area (Å²) < 4.78 is 26.3. The quantitative estimate of drug-likeness (QED) is 0.907. The number of rotatable bonds is 5. The molecule has 2 rings (SSSR count). The molecule has 0 radical (unpaired) electrons. The third-order valence-corrected chi connectivity index (χ3v) is 5.26. The normalized spacial score (nSPS) is 20.8. The molecule has 1 unspecified atom stereocenters. The molecule has 6 heteroatoms. The van der Waals surface area contributed by atoms with Gasteiger partial charge in [0.05, 0.1) is 0 Å². The van der Waals surface area contributed by atoms with Crippen molar-refractivity contribution in [3.8, 4) is 0 Å². The van der Waals surface area contributed by atoms with E-state index in [4.69, 9.17) is 11.6 Å². The first-order valence-corrected chi connectivity index (χ1v) is 8.51. The second-order valence-electron chi connectivity index (χ2n) is 4.86. The van der Waals surface area contributed by atoms with Gasteiger partial charge in [-0.15, -0.1) is 0 Å². The van der Waals surface area contributed by atoms with Crippen LogP contribution in [0.15, 0.2) is 29.7 Å². The summed E-state index contributed by atoms with van der Waals surface area (Å²) >= 11 is 5.80. The molecule has 0 aromatic heterocycles. The van der Waals surface area contributed by atoms with E-state index in [1.165, 1.54) is 5.41 Å². The number of nitrogens with one attached hydrogen (secondary N) is 1. The van der Waals surface area contributed by atoms with Crippen molar-refractivity contribution in [2.75, 3.05) is 20.1 Å². The Morgan fingerprint density at radius 1 is 1.40 bits per heavy atom. The molecule has 0 aliphatic carbocycles. The van der Waals surface area contributed by atoms with Crippen molar-refractivity contribution in [3.63, 3.8) is 0 Å². The molecule has 0 spiro atoms. The van der Waals surface area contributed by atoms with Gasteiger partial charge in [0.2, 0.25) is 10.0 Å². The van der Waals surface area contributed by atoms with Gasteiger partial charge in [0, 0.05) is 29.6 Å². The summed E-state index contributed by atoms with van der Waals surface area (Å²) in [5.74, 6) is 0. The summed E-state index contributed by atoms with van der Waals surface area (Å²) in [7, 11) is -1.52. The number of hydrogen-bond donors (Lipinski definition) is 1. The largest absolute Gasteiger partial charge is 0.318 e. The smallest absolute Gasteiger partial charge is 0.236 e. The van der Waals surface area contributed by atoms with Crippen molar-refractivity contribution in [2.45, 2.75) is 18.9 Å². The molecule has 1 aromatic carbocycles. The lowest BCUT2D eigenvalue weighted by Crippen LogP contribution is -2.39. The third kappa shape index (κ3) is 3.82. The maximum atomic E-state index is 12.3. The molecule has 1 N–H and O–H groups in total. The monoisotopic (exact) mass is 314 g/mol. The Labute approximate surface area is 125 Å². The van der Waals surface area contributed by atoms with E-state index >= 15 is 0 Å². The first-order valence-electron chi connectivity index (χ1n) is 6.63. The Kier molecular flexibility index (Phi) is 5.21. The Bertz CT molecular complexity index is 569. The minimum atomic E-state index is -3.36. The Morgan fingerprint density at radius 2 is 2.10 bits per heavy atom. The van der Waals surface area contributed by atoms with Crippen LogP contribution in [0.5, 0.6) is 0 Å². The van der Waals surface area contributed by atoms with E-state index in [0.717, 1.165) is 18.4 Å².